The lowest BCUT2D eigenvalue weighted by Gasteiger charge is -2.27. The van der Waals surface area contributed by atoms with Crippen molar-refractivity contribution in [1.82, 2.24) is 5.32 Å². The molecule has 3 nitrogen and oxygen atoms in total. The average molecular weight is 334 g/mol. The Morgan fingerprint density at radius 2 is 1.94 bits per heavy atom. The number of halogens is 1. The van der Waals surface area contributed by atoms with Crippen molar-refractivity contribution in [2.45, 2.75) is 33.1 Å². The summed E-state index contributed by atoms with van der Waals surface area (Å²) in [4.78, 5) is 12.3. The minimum atomic E-state index is -0.772. The van der Waals surface area contributed by atoms with Crippen molar-refractivity contribution in [1.29, 1.82) is 0 Å². The molecule has 1 aromatic rings. The highest BCUT2D eigenvalue weighted by atomic mass is 79.9. The van der Waals surface area contributed by atoms with Gasteiger partial charge in [0.25, 0.3) is 0 Å². The first-order valence-electron chi connectivity index (χ1n) is 5.85. The van der Waals surface area contributed by atoms with Gasteiger partial charge in [0.15, 0.2) is 0 Å². The van der Waals surface area contributed by atoms with Gasteiger partial charge in [0.2, 0.25) is 0 Å². The average Bonchev–Trinajstić information content (AvgIpc) is 2.64. The molecule has 1 heterocycles. The van der Waals surface area contributed by atoms with E-state index in [1.54, 1.807) is 25.2 Å². The predicted octanol–water partition coefficient (Wildman–Crippen LogP) is 3.49. The van der Waals surface area contributed by atoms with Gasteiger partial charge in [-0.15, -0.1) is 11.3 Å². The third-order valence-electron chi connectivity index (χ3n) is 2.95. The van der Waals surface area contributed by atoms with Crippen LogP contribution in [0, 0.1) is 5.41 Å². The van der Waals surface area contributed by atoms with Crippen LogP contribution in [0.15, 0.2) is 15.9 Å². The lowest BCUT2D eigenvalue weighted by molar-refractivity contribution is -0.146. The Kier molecular flexibility index (Phi) is 4.98. The maximum atomic E-state index is 11.0. The summed E-state index contributed by atoms with van der Waals surface area (Å²) in [6, 6.07) is 4.15. The third kappa shape index (κ3) is 4.07. The fraction of sp³-hybridized carbons (Fsp3) is 0.615. The third-order valence-corrected chi connectivity index (χ3v) is 4.94. The van der Waals surface area contributed by atoms with E-state index in [1.165, 1.54) is 4.88 Å². The Bertz CT molecular complexity index is 426. The number of hydrogen-bond acceptors (Lipinski definition) is 3. The summed E-state index contributed by atoms with van der Waals surface area (Å²) in [5, 5.41) is 12.3. The van der Waals surface area contributed by atoms with Gasteiger partial charge in [-0.25, -0.2) is 0 Å². The molecule has 1 rings (SSSR count). The highest BCUT2D eigenvalue weighted by Crippen LogP contribution is 2.32. The number of carbonyl (C=O) groups is 1. The van der Waals surface area contributed by atoms with Crippen molar-refractivity contribution in [3.8, 4) is 0 Å². The van der Waals surface area contributed by atoms with Crippen LogP contribution in [-0.2, 0) is 10.2 Å². The van der Waals surface area contributed by atoms with Crippen molar-refractivity contribution >= 4 is 33.2 Å². The van der Waals surface area contributed by atoms with Crippen molar-refractivity contribution in [2.75, 3.05) is 13.1 Å². The van der Waals surface area contributed by atoms with Gasteiger partial charge in [-0.3, -0.25) is 4.79 Å². The number of aliphatic carboxylic acids is 1. The Morgan fingerprint density at radius 1 is 1.33 bits per heavy atom. The Hall–Kier alpha value is -0.390. The standard InChI is InChI=1S/C13H20BrNO2S/c1-12(2,9-5-6-10(14)18-9)7-15-8-13(3,4)11(16)17/h5-6,15H,7-8H2,1-4H3,(H,16,17). The number of hydrogen-bond donors (Lipinski definition) is 2. The maximum absolute atomic E-state index is 11.0. The van der Waals surface area contributed by atoms with Gasteiger partial charge in [-0.2, -0.15) is 0 Å². The van der Waals surface area contributed by atoms with Crippen LogP contribution in [0.4, 0.5) is 0 Å². The van der Waals surface area contributed by atoms with E-state index in [0.29, 0.717) is 6.54 Å². The number of nitrogens with one attached hydrogen (secondary N) is 1. The van der Waals surface area contributed by atoms with Gasteiger partial charge in [0.05, 0.1) is 9.20 Å². The second-order valence-electron chi connectivity index (χ2n) is 5.78. The largest absolute Gasteiger partial charge is 0.481 e. The molecular weight excluding hydrogens is 314 g/mol. The molecule has 0 saturated carbocycles. The van der Waals surface area contributed by atoms with E-state index in [9.17, 15) is 4.79 Å². The van der Waals surface area contributed by atoms with E-state index < -0.39 is 11.4 Å². The minimum absolute atomic E-state index is 0.00523. The van der Waals surface area contributed by atoms with Crippen LogP contribution in [0.25, 0.3) is 0 Å². The summed E-state index contributed by atoms with van der Waals surface area (Å²) in [5.41, 5.74) is -0.725. The lowest BCUT2D eigenvalue weighted by Crippen LogP contribution is -2.41. The second kappa shape index (κ2) is 5.72. The molecule has 1 aromatic heterocycles. The van der Waals surface area contributed by atoms with Crippen LogP contribution in [0.1, 0.15) is 32.6 Å². The zero-order valence-corrected chi connectivity index (χ0v) is 13.6. The maximum Gasteiger partial charge on any atom is 0.310 e. The fourth-order valence-corrected chi connectivity index (χ4v) is 3.01. The fourth-order valence-electron chi connectivity index (χ4n) is 1.53. The molecule has 0 aliphatic heterocycles. The van der Waals surface area contributed by atoms with E-state index >= 15 is 0 Å². The molecule has 0 unspecified atom stereocenters. The smallest absolute Gasteiger partial charge is 0.310 e. The molecule has 0 atom stereocenters. The van der Waals surface area contributed by atoms with Gasteiger partial charge >= 0.3 is 5.97 Å². The van der Waals surface area contributed by atoms with Gasteiger partial charge in [-0.1, -0.05) is 13.8 Å². The molecule has 18 heavy (non-hydrogen) atoms. The minimum Gasteiger partial charge on any atom is -0.481 e. The van der Waals surface area contributed by atoms with Gasteiger partial charge in [0, 0.05) is 23.4 Å². The quantitative estimate of drug-likeness (QED) is 0.837. The first-order valence-corrected chi connectivity index (χ1v) is 7.46. The summed E-state index contributed by atoms with van der Waals surface area (Å²) in [6.07, 6.45) is 0. The second-order valence-corrected chi connectivity index (χ2v) is 8.24. The topological polar surface area (TPSA) is 49.3 Å². The Balaban J connectivity index is 2.55. The molecule has 0 aliphatic carbocycles. The monoisotopic (exact) mass is 333 g/mol. The van der Waals surface area contributed by atoms with Crippen LogP contribution >= 0.6 is 27.3 Å². The van der Waals surface area contributed by atoms with E-state index in [4.69, 9.17) is 5.11 Å². The summed E-state index contributed by atoms with van der Waals surface area (Å²) in [7, 11) is 0. The number of carboxylic acid groups (broad SMARTS) is 1. The van der Waals surface area contributed by atoms with Crippen LogP contribution in [0.2, 0.25) is 0 Å². The number of carboxylic acids is 1. The summed E-state index contributed by atoms with van der Waals surface area (Å²) >= 11 is 5.18. The van der Waals surface area contributed by atoms with Crippen molar-refractivity contribution in [3.05, 3.63) is 20.8 Å². The number of thiophene rings is 1. The van der Waals surface area contributed by atoms with E-state index in [2.05, 4.69) is 41.2 Å². The lowest BCUT2D eigenvalue weighted by atomic mass is 9.89. The highest BCUT2D eigenvalue weighted by molar-refractivity contribution is 9.11. The van der Waals surface area contributed by atoms with E-state index in [0.717, 1.165) is 10.3 Å². The summed E-state index contributed by atoms with van der Waals surface area (Å²) in [5.74, 6) is -0.772. The molecule has 0 saturated heterocycles. The SMILES string of the molecule is CC(C)(CNCC(C)(C)c1ccc(Br)s1)C(=O)O. The highest BCUT2D eigenvalue weighted by Gasteiger charge is 2.28. The van der Waals surface area contributed by atoms with Crippen molar-refractivity contribution < 1.29 is 9.90 Å². The summed E-state index contributed by atoms with van der Waals surface area (Å²) < 4.78 is 1.12. The van der Waals surface area contributed by atoms with E-state index in [-0.39, 0.29) is 5.41 Å². The van der Waals surface area contributed by atoms with Crippen LogP contribution in [-0.4, -0.2) is 24.2 Å². The molecule has 2 N–H and O–H groups in total. The Morgan fingerprint density at radius 3 is 2.39 bits per heavy atom. The molecule has 0 amide bonds. The first kappa shape index (κ1) is 15.7. The normalized spacial score (nSPS) is 12.7. The molecule has 0 spiro atoms. The molecule has 5 heteroatoms. The van der Waals surface area contributed by atoms with Gasteiger partial charge in [-0.05, 0) is 41.9 Å². The van der Waals surface area contributed by atoms with Crippen LogP contribution in [0.3, 0.4) is 0 Å². The first-order chi connectivity index (χ1) is 8.15. The summed E-state index contributed by atoms with van der Waals surface area (Å²) in [6.45, 7) is 9.02. The van der Waals surface area contributed by atoms with Crippen LogP contribution < -0.4 is 5.32 Å². The van der Waals surface area contributed by atoms with Crippen LogP contribution in [0.5, 0.6) is 0 Å². The molecular formula is C13H20BrNO2S. The molecule has 0 fully saturated rings. The zero-order chi connectivity index (χ0) is 14.0. The van der Waals surface area contributed by atoms with Gasteiger partial charge in [0.1, 0.15) is 0 Å². The van der Waals surface area contributed by atoms with Gasteiger partial charge < -0.3 is 10.4 Å². The Labute approximate surface area is 121 Å². The van der Waals surface area contributed by atoms with Crippen molar-refractivity contribution in [2.24, 2.45) is 5.41 Å². The molecule has 0 bridgehead atoms. The predicted molar refractivity (Wildman–Crippen MR) is 79.3 cm³/mol. The zero-order valence-electron chi connectivity index (χ0n) is 11.2. The van der Waals surface area contributed by atoms with E-state index in [1.807, 2.05) is 6.07 Å². The molecule has 102 valence electrons. The molecule has 0 aliphatic rings. The molecule has 0 aromatic carbocycles. The number of rotatable bonds is 6. The molecule has 0 radical (unpaired) electrons. The van der Waals surface area contributed by atoms with Crippen molar-refractivity contribution in [3.63, 3.8) is 0 Å².